The third kappa shape index (κ3) is 3.27. The van der Waals surface area contributed by atoms with E-state index in [0.717, 1.165) is 18.1 Å². The minimum absolute atomic E-state index is 0.451. The normalized spacial score (nSPS) is 16.3. The molecule has 2 rings (SSSR count). The van der Waals surface area contributed by atoms with Crippen LogP contribution in [0.3, 0.4) is 0 Å². The van der Waals surface area contributed by atoms with Crippen LogP contribution in [0.1, 0.15) is 63.6 Å². The molecule has 1 saturated carbocycles. The monoisotopic (exact) mass is 261 g/mol. The molecule has 0 saturated heterocycles. The van der Waals surface area contributed by atoms with Gasteiger partial charge in [-0.3, -0.25) is 0 Å². The number of hydrogen-bond acceptors (Lipinski definition) is 3. The van der Waals surface area contributed by atoms with Gasteiger partial charge in [-0.15, -0.1) is 0 Å². The fourth-order valence-corrected chi connectivity index (χ4v) is 2.98. The van der Waals surface area contributed by atoms with Gasteiger partial charge in [-0.1, -0.05) is 26.7 Å². The van der Waals surface area contributed by atoms with Crippen molar-refractivity contribution >= 4 is 5.82 Å². The number of aromatic nitrogens is 1. The highest BCUT2D eigenvalue weighted by molar-refractivity contribution is 5.44. The molecule has 0 bridgehead atoms. The quantitative estimate of drug-likeness (QED) is 0.883. The van der Waals surface area contributed by atoms with Crippen LogP contribution in [0, 0.1) is 0 Å². The average molecular weight is 261 g/mol. The maximum Gasteiger partial charge on any atom is 0.129 e. The first-order valence-corrected chi connectivity index (χ1v) is 7.63. The summed E-state index contributed by atoms with van der Waals surface area (Å²) in [7, 11) is 0. The van der Waals surface area contributed by atoms with Crippen LogP contribution in [-0.2, 0) is 6.54 Å². The second-order valence-electron chi connectivity index (χ2n) is 5.84. The Balaban J connectivity index is 2.32. The van der Waals surface area contributed by atoms with Crippen LogP contribution in [0.15, 0.2) is 12.1 Å². The van der Waals surface area contributed by atoms with Crippen molar-refractivity contribution in [2.75, 3.05) is 11.4 Å². The van der Waals surface area contributed by atoms with Gasteiger partial charge in [-0.2, -0.15) is 0 Å². The Morgan fingerprint density at radius 1 is 1.32 bits per heavy atom. The van der Waals surface area contributed by atoms with Crippen LogP contribution in [0.5, 0.6) is 0 Å². The summed E-state index contributed by atoms with van der Waals surface area (Å²) in [5.74, 6) is 1.58. The summed E-state index contributed by atoms with van der Waals surface area (Å²) in [6.45, 7) is 8.24. The summed E-state index contributed by atoms with van der Waals surface area (Å²) >= 11 is 0. The predicted octanol–water partition coefficient (Wildman–Crippen LogP) is 3.43. The third-order valence-corrected chi connectivity index (χ3v) is 4.12. The van der Waals surface area contributed by atoms with E-state index in [1.54, 1.807) is 0 Å². The smallest absolute Gasteiger partial charge is 0.129 e. The number of anilines is 1. The van der Waals surface area contributed by atoms with E-state index in [9.17, 15) is 0 Å². The molecule has 2 N–H and O–H groups in total. The summed E-state index contributed by atoms with van der Waals surface area (Å²) in [4.78, 5) is 7.34. The molecule has 1 heterocycles. The van der Waals surface area contributed by atoms with Crippen LogP contribution in [0.4, 0.5) is 5.82 Å². The SMILES string of the molecule is CCN(c1cc(CN)cc(C(C)C)n1)C1CCCC1. The highest BCUT2D eigenvalue weighted by Gasteiger charge is 2.23. The van der Waals surface area contributed by atoms with Crippen molar-refractivity contribution in [1.29, 1.82) is 0 Å². The second kappa shape index (κ2) is 6.38. The van der Waals surface area contributed by atoms with Crippen molar-refractivity contribution in [3.05, 3.63) is 23.4 Å². The molecular formula is C16H27N3. The number of rotatable bonds is 5. The van der Waals surface area contributed by atoms with E-state index in [-0.39, 0.29) is 0 Å². The zero-order valence-corrected chi connectivity index (χ0v) is 12.5. The van der Waals surface area contributed by atoms with E-state index in [1.165, 1.54) is 31.2 Å². The van der Waals surface area contributed by atoms with Crippen LogP contribution in [0.25, 0.3) is 0 Å². The highest BCUT2D eigenvalue weighted by atomic mass is 15.2. The van der Waals surface area contributed by atoms with Gasteiger partial charge >= 0.3 is 0 Å². The number of hydrogen-bond donors (Lipinski definition) is 1. The summed E-state index contributed by atoms with van der Waals surface area (Å²) in [6, 6.07) is 5.00. The summed E-state index contributed by atoms with van der Waals surface area (Å²) in [5.41, 5.74) is 8.20. The first-order chi connectivity index (χ1) is 9.15. The van der Waals surface area contributed by atoms with Crippen LogP contribution < -0.4 is 10.6 Å². The molecule has 0 aliphatic heterocycles. The largest absolute Gasteiger partial charge is 0.354 e. The number of nitrogens with zero attached hydrogens (tertiary/aromatic N) is 2. The summed E-state index contributed by atoms with van der Waals surface area (Å²) in [6.07, 6.45) is 5.32. The molecule has 1 aliphatic rings. The minimum atomic E-state index is 0.451. The van der Waals surface area contributed by atoms with Crippen LogP contribution in [-0.4, -0.2) is 17.6 Å². The standard InChI is InChI=1S/C16H27N3/c1-4-19(14-7-5-6-8-14)16-10-13(11-17)9-15(18-16)12(2)3/h9-10,12,14H,4-8,11,17H2,1-3H3. The Labute approximate surface area is 117 Å². The van der Waals surface area contributed by atoms with Gasteiger partial charge in [0.2, 0.25) is 0 Å². The molecular weight excluding hydrogens is 234 g/mol. The Kier molecular flexibility index (Phi) is 4.81. The lowest BCUT2D eigenvalue weighted by atomic mass is 10.1. The maximum atomic E-state index is 5.84. The molecule has 1 aromatic heterocycles. The van der Waals surface area contributed by atoms with Crippen molar-refractivity contribution in [3.8, 4) is 0 Å². The molecule has 0 atom stereocenters. The fourth-order valence-electron chi connectivity index (χ4n) is 2.98. The van der Waals surface area contributed by atoms with Gasteiger partial charge in [0.25, 0.3) is 0 Å². The van der Waals surface area contributed by atoms with Crippen LogP contribution >= 0.6 is 0 Å². The van der Waals surface area contributed by atoms with E-state index in [2.05, 4.69) is 37.8 Å². The van der Waals surface area contributed by atoms with E-state index in [1.807, 2.05) is 0 Å². The summed E-state index contributed by atoms with van der Waals surface area (Å²) in [5, 5.41) is 0. The van der Waals surface area contributed by atoms with Crippen molar-refractivity contribution in [2.24, 2.45) is 5.73 Å². The van der Waals surface area contributed by atoms with Gasteiger partial charge in [0.05, 0.1) is 0 Å². The van der Waals surface area contributed by atoms with Gasteiger partial charge in [-0.05, 0) is 43.4 Å². The molecule has 0 radical (unpaired) electrons. The highest BCUT2D eigenvalue weighted by Crippen LogP contribution is 2.28. The van der Waals surface area contributed by atoms with E-state index in [0.29, 0.717) is 18.5 Å². The topological polar surface area (TPSA) is 42.1 Å². The molecule has 1 fully saturated rings. The molecule has 0 spiro atoms. The molecule has 106 valence electrons. The molecule has 1 aliphatic carbocycles. The van der Waals surface area contributed by atoms with Gasteiger partial charge in [0, 0.05) is 24.8 Å². The van der Waals surface area contributed by atoms with Crippen molar-refractivity contribution in [3.63, 3.8) is 0 Å². The van der Waals surface area contributed by atoms with Crippen molar-refractivity contribution in [1.82, 2.24) is 4.98 Å². The molecule has 19 heavy (non-hydrogen) atoms. The zero-order chi connectivity index (χ0) is 13.8. The van der Waals surface area contributed by atoms with Crippen LogP contribution in [0.2, 0.25) is 0 Å². The fraction of sp³-hybridized carbons (Fsp3) is 0.688. The Morgan fingerprint density at radius 3 is 2.53 bits per heavy atom. The lowest BCUT2D eigenvalue weighted by Gasteiger charge is -2.30. The minimum Gasteiger partial charge on any atom is -0.354 e. The maximum absolute atomic E-state index is 5.84. The third-order valence-electron chi connectivity index (χ3n) is 4.12. The molecule has 3 heteroatoms. The van der Waals surface area contributed by atoms with Gasteiger partial charge in [-0.25, -0.2) is 4.98 Å². The molecule has 3 nitrogen and oxygen atoms in total. The lowest BCUT2D eigenvalue weighted by molar-refractivity contribution is 0.610. The van der Waals surface area contributed by atoms with Gasteiger partial charge in [0.15, 0.2) is 0 Å². The van der Waals surface area contributed by atoms with Gasteiger partial charge in [0.1, 0.15) is 5.82 Å². The van der Waals surface area contributed by atoms with E-state index >= 15 is 0 Å². The van der Waals surface area contributed by atoms with E-state index < -0.39 is 0 Å². The molecule has 0 aromatic carbocycles. The molecule has 0 amide bonds. The Hall–Kier alpha value is -1.09. The second-order valence-corrected chi connectivity index (χ2v) is 5.84. The predicted molar refractivity (Wildman–Crippen MR) is 81.5 cm³/mol. The summed E-state index contributed by atoms with van der Waals surface area (Å²) < 4.78 is 0. The van der Waals surface area contributed by atoms with Gasteiger partial charge < -0.3 is 10.6 Å². The Bertz CT molecular complexity index is 408. The molecule has 0 unspecified atom stereocenters. The van der Waals surface area contributed by atoms with E-state index in [4.69, 9.17) is 10.7 Å². The average Bonchev–Trinajstić information content (AvgIpc) is 2.93. The lowest BCUT2D eigenvalue weighted by Crippen LogP contribution is -2.34. The number of pyridine rings is 1. The molecule has 1 aromatic rings. The first-order valence-electron chi connectivity index (χ1n) is 7.63. The van der Waals surface area contributed by atoms with Crippen molar-refractivity contribution < 1.29 is 0 Å². The first kappa shape index (κ1) is 14.3. The Morgan fingerprint density at radius 2 is 2.00 bits per heavy atom. The van der Waals surface area contributed by atoms with Crippen molar-refractivity contribution in [2.45, 2.75) is 65.0 Å². The number of nitrogens with two attached hydrogens (primary N) is 1. The zero-order valence-electron chi connectivity index (χ0n) is 12.5.